The highest BCUT2D eigenvalue weighted by molar-refractivity contribution is 6.66. The molecule has 0 aromatic heterocycles. The lowest BCUT2D eigenvalue weighted by Crippen LogP contribution is -2.38. The molecule has 0 aromatic carbocycles. The van der Waals surface area contributed by atoms with Crippen LogP contribution in [0.1, 0.15) is 117 Å². The molecule has 0 amide bonds. The Labute approximate surface area is 160 Å². The Bertz CT molecular complexity index is 252. The van der Waals surface area contributed by atoms with Gasteiger partial charge in [-0.15, -0.1) is 0 Å². The molecular weight excluding hydrogens is 324 g/mol. The van der Waals surface area contributed by atoms with E-state index in [0.29, 0.717) is 0 Å². The second kappa shape index (κ2) is 18.9. The number of hydrogen-bond acceptors (Lipinski definition) is 2. The lowest BCUT2D eigenvalue weighted by molar-refractivity contribution is 0.188. The van der Waals surface area contributed by atoms with Crippen LogP contribution in [0, 0.1) is 0 Å². The summed E-state index contributed by atoms with van der Waals surface area (Å²) in [6, 6.07) is 1.16. The van der Waals surface area contributed by atoms with E-state index in [4.69, 9.17) is 8.85 Å². The maximum atomic E-state index is 5.91. The van der Waals surface area contributed by atoms with Crippen LogP contribution in [0.15, 0.2) is 0 Å². The predicted octanol–water partition coefficient (Wildman–Crippen LogP) is 8.00. The Morgan fingerprint density at radius 2 is 0.800 bits per heavy atom. The van der Waals surface area contributed by atoms with Crippen molar-refractivity contribution >= 4 is 8.56 Å². The van der Waals surface area contributed by atoms with Crippen molar-refractivity contribution in [3.05, 3.63) is 0 Å². The van der Waals surface area contributed by atoms with Gasteiger partial charge in [0.1, 0.15) is 0 Å². The third kappa shape index (κ3) is 17.3. The summed E-state index contributed by atoms with van der Waals surface area (Å²) in [6.07, 6.45) is 21.3. The average molecular weight is 373 g/mol. The van der Waals surface area contributed by atoms with E-state index >= 15 is 0 Å². The van der Waals surface area contributed by atoms with E-state index in [1.807, 2.05) is 0 Å². The molecule has 0 N–H and O–H groups in total. The van der Waals surface area contributed by atoms with Crippen molar-refractivity contribution in [2.75, 3.05) is 13.2 Å². The molecule has 0 aliphatic rings. The second-order valence-electron chi connectivity index (χ2n) is 7.70. The standard InChI is InChI=1S/C22H48O2Si/c1-5-8-9-10-11-12-13-14-15-16-17-18-19-20-21-22-25(4,23-6-2)24-7-3/h5-22H2,1-4H3. The van der Waals surface area contributed by atoms with Crippen molar-refractivity contribution < 1.29 is 8.85 Å². The van der Waals surface area contributed by atoms with Gasteiger partial charge < -0.3 is 8.85 Å². The molecule has 0 aliphatic carbocycles. The second-order valence-corrected chi connectivity index (χ2v) is 11.0. The highest BCUT2D eigenvalue weighted by atomic mass is 28.4. The summed E-state index contributed by atoms with van der Waals surface area (Å²) in [5.74, 6) is 0. The zero-order chi connectivity index (χ0) is 18.6. The number of hydrogen-bond donors (Lipinski definition) is 0. The summed E-state index contributed by atoms with van der Waals surface area (Å²) in [7, 11) is -1.85. The monoisotopic (exact) mass is 372 g/mol. The molecule has 0 saturated heterocycles. The first-order valence-electron chi connectivity index (χ1n) is 11.5. The first kappa shape index (κ1) is 25.1. The molecule has 0 aromatic rings. The smallest absolute Gasteiger partial charge is 0.334 e. The molecule has 0 aliphatic heterocycles. The molecular formula is C22H48O2Si. The van der Waals surface area contributed by atoms with Gasteiger partial charge in [0.15, 0.2) is 0 Å². The Balaban J connectivity index is 3.28. The molecule has 0 radical (unpaired) electrons. The van der Waals surface area contributed by atoms with Crippen molar-refractivity contribution in [2.24, 2.45) is 0 Å². The third-order valence-corrected chi connectivity index (χ3v) is 8.19. The molecule has 0 fully saturated rings. The zero-order valence-electron chi connectivity index (χ0n) is 18.0. The third-order valence-electron chi connectivity index (χ3n) is 5.13. The predicted molar refractivity (Wildman–Crippen MR) is 115 cm³/mol. The molecule has 0 unspecified atom stereocenters. The molecule has 2 nitrogen and oxygen atoms in total. The van der Waals surface area contributed by atoms with Crippen LogP contribution in [0.25, 0.3) is 0 Å². The van der Waals surface area contributed by atoms with E-state index in [1.54, 1.807) is 0 Å². The first-order valence-corrected chi connectivity index (χ1v) is 14.0. The van der Waals surface area contributed by atoms with Gasteiger partial charge in [-0.2, -0.15) is 0 Å². The highest BCUT2D eigenvalue weighted by Crippen LogP contribution is 2.19. The van der Waals surface area contributed by atoms with Crippen LogP contribution in [-0.4, -0.2) is 21.8 Å². The lowest BCUT2D eigenvalue weighted by Gasteiger charge is -2.25. The van der Waals surface area contributed by atoms with Crippen molar-refractivity contribution in [2.45, 2.75) is 130 Å². The highest BCUT2D eigenvalue weighted by Gasteiger charge is 2.29. The van der Waals surface area contributed by atoms with Crippen LogP contribution in [0.3, 0.4) is 0 Å². The molecule has 0 bridgehead atoms. The van der Waals surface area contributed by atoms with E-state index in [1.165, 1.54) is 96.3 Å². The number of unbranched alkanes of at least 4 members (excludes halogenated alkanes) is 14. The van der Waals surface area contributed by atoms with Gasteiger partial charge in [-0.25, -0.2) is 0 Å². The summed E-state index contributed by atoms with van der Waals surface area (Å²) in [5, 5.41) is 0. The molecule has 3 heteroatoms. The fourth-order valence-electron chi connectivity index (χ4n) is 3.61. The van der Waals surface area contributed by atoms with Gasteiger partial charge in [0.05, 0.1) is 0 Å². The lowest BCUT2D eigenvalue weighted by atomic mass is 10.0. The van der Waals surface area contributed by atoms with Crippen LogP contribution in [-0.2, 0) is 8.85 Å². The maximum absolute atomic E-state index is 5.91. The Morgan fingerprint density at radius 3 is 1.12 bits per heavy atom. The van der Waals surface area contributed by atoms with Crippen molar-refractivity contribution in [3.63, 3.8) is 0 Å². The van der Waals surface area contributed by atoms with Gasteiger partial charge in [-0.3, -0.25) is 0 Å². The minimum absolute atomic E-state index is 0.793. The van der Waals surface area contributed by atoms with E-state index in [9.17, 15) is 0 Å². The minimum atomic E-state index is -1.85. The van der Waals surface area contributed by atoms with Gasteiger partial charge in [0, 0.05) is 13.2 Å². The van der Waals surface area contributed by atoms with Crippen LogP contribution >= 0.6 is 0 Å². The Morgan fingerprint density at radius 1 is 0.480 bits per heavy atom. The van der Waals surface area contributed by atoms with Crippen LogP contribution in [0.4, 0.5) is 0 Å². The van der Waals surface area contributed by atoms with E-state index in [0.717, 1.165) is 19.3 Å². The quantitative estimate of drug-likeness (QED) is 0.159. The maximum Gasteiger partial charge on any atom is 0.334 e. The zero-order valence-corrected chi connectivity index (χ0v) is 19.0. The summed E-state index contributed by atoms with van der Waals surface area (Å²) < 4.78 is 11.8. The van der Waals surface area contributed by atoms with E-state index in [2.05, 4.69) is 27.3 Å². The van der Waals surface area contributed by atoms with Gasteiger partial charge in [-0.1, -0.05) is 103 Å². The molecule has 0 heterocycles. The fourth-order valence-corrected chi connectivity index (χ4v) is 6.10. The van der Waals surface area contributed by atoms with Gasteiger partial charge in [0.25, 0.3) is 0 Å². The first-order chi connectivity index (χ1) is 12.2. The largest absolute Gasteiger partial charge is 0.395 e. The van der Waals surface area contributed by atoms with Crippen molar-refractivity contribution in [3.8, 4) is 0 Å². The van der Waals surface area contributed by atoms with Crippen molar-refractivity contribution in [1.82, 2.24) is 0 Å². The van der Waals surface area contributed by atoms with Crippen molar-refractivity contribution in [1.29, 1.82) is 0 Å². The number of rotatable bonds is 20. The molecule has 0 rings (SSSR count). The van der Waals surface area contributed by atoms with Gasteiger partial charge >= 0.3 is 8.56 Å². The fraction of sp³-hybridized carbons (Fsp3) is 1.00. The molecule has 0 atom stereocenters. The SMILES string of the molecule is CCCCCCCCCCCCCCCCC[Si](C)(OCC)OCC. The Hall–Kier alpha value is 0.137. The Kier molecular flexibility index (Phi) is 19.0. The summed E-state index contributed by atoms with van der Waals surface area (Å²) in [6.45, 7) is 10.3. The van der Waals surface area contributed by atoms with Crippen LogP contribution in [0.2, 0.25) is 12.6 Å². The summed E-state index contributed by atoms with van der Waals surface area (Å²) >= 11 is 0. The normalized spacial score (nSPS) is 12.0. The van der Waals surface area contributed by atoms with Gasteiger partial charge in [-0.05, 0) is 26.4 Å². The van der Waals surface area contributed by atoms with E-state index < -0.39 is 8.56 Å². The molecule has 25 heavy (non-hydrogen) atoms. The van der Waals surface area contributed by atoms with E-state index in [-0.39, 0.29) is 0 Å². The topological polar surface area (TPSA) is 18.5 Å². The average Bonchev–Trinajstić information content (AvgIpc) is 2.59. The van der Waals surface area contributed by atoms with Crippen LogP contribution in [0.5, 0.6) is 0 Å². The summed E-state index contributed by atoms with van der Waals surface area (Å²) in [5.41, 5.74) is 0. The molecule has 152 valence electrons. The molecule has 0 saturated carbocycles. The van der Waals surface area contributed by atoms with Crippen LogP contribution < -0.4 is 0 Å². The van der Waals surface area contributed by atoms with Gasteiger partial charge in [0.2, 0.25) is 0 Å². The minimum Gasteiger partial charge on any atom is -0.395 e. The molecule has 0 spiro atoms. The summed E-state index contributed by atoms with van der Waals surface area (Å²) in [4.78, 5) is 0.